The van der Waals surface area contributed by atoms with Crippen LogP contribution in [-0.4, -0.2) is 32.2 Å². The molecule has 4 nitrogen and oxygen atoms in total. The molecule has 1 saturated heterocycles. The van der Waals surface area contributed by atoms with Gasteiger partial charge in [0.05, 0.1) is 25.7 Å². The maximum Gasteiger partial charge on any atom is 0.224 e. The van der Waals surface area contributed by atoms with Gasteiger partial charge in [0.1, 0.15) is 0 Å². The molecule has 1 fully saturated rings. The molecule has 0 bridgehead atoms. The van der Waals surface area contributed by atoms with Gasteiger partial charge in [-0.2, -0.15) is 0 Å². The number of nitrogens with one attached hydrogen (secondary N) is 1. The van der Waals surface area contributed by atoms with Gasteiger partial charge in [-0.15, -0.1) is 0 Å². The second kappa shape index (κ2) is 8.17. The first-order chi connectivity index (χ1) is 12.1. The minimum atomic E-state index is -0.00307. The van der Waals surface area contributed by atoms with E-state index in [1.807, 2.05) is 38.1 Å². The maximum atomic E-state index is 12.3. The first kappa shape index (κ1) is 17.5. The fourth-order valence-corrected chi connectivity index (χ4v) is 3.06. The maximum absolute atomic E-state index is 12.3. The van der Waals surface area contributed by atoms with Crippen LogP contribution in [0.15, 0.2) is 48.5 Å². The Bertz CT molecular complexity index is 689. The summed E-state index contributed by atoms with van der Waals surface area (Å²) in [6.45, 7) is 7.51. The Kier molecular flexibility index (Phi) is 5.71. The molecule has 132 valence electrons. The van der Waals surface area contributed by atoms with E-state index < -0.39 is 0 Å². The van der Waals surface area contributed by atoms with Gasteiger partial charge in [-0.1, -0.05) is 42.0 Å². The minimum absolute atomic E-state index is 0.00307. The molecule has 4 heteroatoms. The molecule has 0 aromatic heterocycles. The van der Waals surface area contributed by atoms with Crippen LogP contribution in [0.2, 0.25) is 0 Å². The van der Waals surface area contributed by atoms with Gasteiger partial charge in [0.25, 0.3) is 0 Å². The first-order valence-electron chi connectivity index (χ1n) is 8.89. The molecule has 0 aliphatic carbocycles. The zero-order valence-electron chi connectivity index (χ0n) is 15.0. The lowest BCUT2D eigenvalue weighted by molar-refractivity contribution is -0.121. The van der Waals surface area contributed by atoms with Gasteiger partial charge >= 0.3 is 0 Å². The monoisotopic (exact) mass is 338 g/mol. The standard InChI is InChI=1S/C21H26N2O2/c1-16-3-5-18(6-4-16)15-21(24)22-17(2)19-7-9-20(10-8-19)23-11-13-25-14-12-23/h3-10,17H,11-15H2,1-2H3,(H,22,24). The van der Waals surface area contributed by atoms with Crippen LogP contribution in [0.1, 0.15) is 29.7 Å². The van der Waals surface area contributed by atoms with Crippen molar-refractivity contribution in [3.63, 3.8) is 0 Å². The number of anilines is 1. The van der Waals surface area contributed by atoms with Gasteiger partial charge < -0.3 is 15.0 Å². The molecule has 1 aliphatic heterocycles. The number of rotatable bonds is 5. The van der Waals surface area contributed by atoms with E-state index in [4.69, 9.17) is 4.74 Å². The van der Waals surface area contributed by atoms with Crippen LogP contribution >= 0.6 is 0 Å². The van der Waals surface area contributed by atoms with Gasteiger partial charge in [-0.25, -0.2) is 0 Å². The minimum Gasteiger partial charge on any atom is -0.378 e. The summed E-state index contributed by atoms with van der Waals surface area (Å²) in [7, 11) is 0. The lowest BCUT2D eigenvalue weighted by Gasteiger charge is -2.29. The van der Waals surface area contributed by atoms with E-state index in [1.54, 1.807) is 0 Å². The predicted octanol–water partition coefficient (Wildman–Crippen LogP) is 3.25. The number of carbonyl (C=O) groups is 1. The molecule has 1 atom stereocenters. The number of amides is 1. The second-order valence-corrected chi connectivity index (χ2v) is 6.64. The van der Waals surface area contributed by atoms with E-state index in [0.29, 0.717) is 6.42 Å². The highest BCUT2D eigenvalue weighted by atomic mass is 16.5. The van der Waals surface area contributed by atoms with Gasteiger partial charge in [-0.3, -0.25) is 4.79 Å². The highest BCUT2D eigenvalue weighted by molar-refractivity contribution is 5.79. The molecule has 1 unspecified atom stereocenters. The highest BCUT2D eigenvalue weighted by Crippen LogP contribution is 2.20. The number of benzene rings is 2. The van der Waals surface area contributed by atoms with Crippen LogP contribution in [0.4, 0.5) is 5.69 Å². The van der Waals surface area contributed by atoms with Crippen LogP contribution in [0.25, 0.3) is 0 Å². The van der Waals surface area contributed by atoms with Crippen molar-refractivity contribution in [3.8, 4) is 0 Å². The van der Waals surface area contributed by atoms with Crippen LogP contribution in [-0.2, 0) is 16.0 Å². The van der Waals surface area contributed by atoms with Gasteiger partial charge in [0.15, 0.2) is 0 Å². The second-order valence-electron chi connectivity index (χ2n) is 6.64. The van der Waals surface area contributed by atoms with Crippen molar-refractivity contribution in [2.75, 3.05) is 31.2 Å². The summed E-state index contributed by atoms with van der Waals surface area (Å²) < 4.78 is 5.39. The molecule has 25 heavy (non-hydrogen) atoms. The number of hydrogen-bond acceptors (Lipinski definition) is 3. The lowest BCUT2D eigenvalue weighted by atomic mass is 10.1. The third kappa shape index (κ3) is 4.83. The average molecular weight is 338 g/mol. The molecular formula is C21H26N2O2. The molecule has 1 heterocycles. The van der Waals surface area contributed by atoms with Gasteiger partial charge in [0, 0.05) is 18.8 Å². The van der Waals surface area contributed by atoms with E-state index in [9.17, 15) is 4.79 Å². The number of morpholine rings is 1. The van der Waals surface area contributed by atoms with E-state index in [0.717, 1.165) is 37.4 Å². The van der Waals surface area contributed by atoms with Crippen molar-refractivity contribution in [1.82, 2.24) is 5.32 Å². The fraction of sp³-hybridized carbons (Fsp3) is 0.381. The summed E-state index contributed by atoms with van der Waals surface area (Å²) in [5, 5.41) is 3.09. The topological polar surface area (TPSA) is 41.6 Å². The quantitative estimate of drug-likeness (QED) is 0.910. The summed E-state index contributed by atoms with van der Waals surface area (Å²) in [6.07, 6.45) is 0.413. The Morgan fingerprint density at radius 3 is 2.36 bits per heavy atom. The van der Waals surface area contributed by atoms with E-state index in [-0.39, 0.29) is 11.9 Å². The molecule has 2 aromatic rings. The Morgan fingerprint density at radius 1 is 1.08 bits per heavy atom. The van der Waals surface area contributed by atoms with E-state index in [1.165, 1.54) is 11.3 Å². The Morgan fingerprint density at radius 2 is 1.72 bits per heavy atom. The largest absolute Gasteiger partial charge is 0.378 e. The third-order valence-corrected chi connectivity index (χ3v) is 4.63. The van der Waals surface area contributed by atoms with Crippen molar-refractivity contribution in [2.24, 2.45) is 0 Å². The molecule has 0 spiro atoms. The van der Waals surface area contributed by atoms with Crippen molar-refractivity contribution >= 4 is 11.6 Å². The molecule has 0 radical (unpaired) electrons. The number of aryl methyl sites for hydroxylation is 1. The number of nitrogens with zero attached hydrogens (tertiary/aromatic N) is 1. The Hall–Kier alpha value is -2.33. The highest BCUT2D eigenvalue weighted by Gasteiger charge is 2.13. The normalized spacial score (nSPS) is 15.7. The number of hydrogen-bond donors (Lipinski definition) is 1. The molecule has 0 saturated carbocycles. The summed E-state index contributed by atoms with van der Waals surface area (Å²) in [5.74, 6) is 0.0496. The molecule has 1 aliphatic rings. The Balaban J connectivity index is 1.55. The molecule has 1 N–H and O–H groups in total. The smallest absolute Gasteiger partial charge is 0.224 e. The predicted molar refractivity (Wildman–Crippen MR) is 101 cm³/mol. The van der Waals surface area contributed by atoms with E-state index in [2.05, 4.69) is 34.5 Å². The van der Waals surface area contributed by atoms with Crippen LogP contribution in [0.5, 0.6) is 0 Å². The van der Waals surface area contributed by atoms with Gasteiger partial charge in [-0.05, 0) is 37.1 Å². The zero-order chi connectivity index (χ0) is 17.6. The zero-order valence-corrected chi connectivity index (χ0v) is 15.0. The third-order valence-electron chi connectivity index (χ3n) is 4.63. The van der Waals surface area contributed by atoms with Gasteiger partial charge in [0.2, 0.25) is 5.91 Å². The van der Waals surface area contributed by atoms with E-state index >= 15 is 0 Å². The van der Waals surface area contributed by atoms with Crippen molar-refractivity contribution < 1.29 is 9.53 Å². The van der Waals surface area contributed by atoms with Crippen LogP contribution < -0.4 is 10.2 Å². The van der Waals surface area contributed by atoms with Crippen molar-refractivity contribution in [3.05, 3.63) is 65.2 Å². The van der Waals surface area contributed by atoms with Crippen LogP contribution in [0.3, 0.4) is 0 Å². The summed E-state index contributed by atoms with van der Waals surface area (Å²) in [4.78, 5) is 14.6. The SMILES string of the molecule is Cc1ccc(CC(=O)NC(C)c2ccc(N3CCOCC3)cc2)cc1. The summed E-state index contributed by atoms with van der Waals surface area (Å²) >= 11 is 0. The molecular weight excluding hydrogens is 312 g/mol. The molecule has 1 amide bonds. The van der Waals surface area contributed by atoms with Crippen molar-refractivity contribution in [1.29, 1.82) is 0 Å². The number of carbonyl (C=O) groups excluding carboxylic acids is 1. The fourth-order valence-electron chi connectivity index (χ4n) is 3.06. The Labute approximate surface area is 149 Å². The summed E-state index contributed by atoms with van der Waals surface area (Å²) in [5.41, 5.74) is 4.58. The average Bonchev–Trinajstić information content (AvgIpc) is 2.64. The molecule has 3 rings (SSSR count). The molecule has 2 aromatic carbocycles. The summed E-state index contributed by atoms with van der Waals surface area (Å²) in [6, 6.07) is 16.5. The first-order valence-corrected chi connectivity index (χ1v) is 8.89. The van der Waals surface area contributed by atoms with Crippen LogP contribution in [0, 0.1) is 6.92 Å². The lowest BCUT2D eigenvalue weighted by Crippen LogP contribution is -2.36. The van der Waals surface area contributed by atoms with Crippen molar-refractivity contribution in [2.45, 2.75) is 26.3 Å². The number of ether oxygens (including phenoxy) is 1.